The highest BCUT2D eigenvalue weighted by molar-refractivity contribution is 5.77. The smallest absolute Gasteiger partial charge is 0.134 e. The third kappa shape index (κ3) is 3.36. The number of fused-ring (bicyclic) bond motifs is 1. The first-order valence-electron chi connectivity index (χ1n) is 10.8. The summed E-state index contributed by atoms with van der Waals surface area (Å²) in [4.78, 5) is 4.52. The van der Waals surface area contributed by atoms with Gasteiger partial charge in [0, 0.05) is 37.0 Å². The molecule has 1 aliphatic heterocycles. The van der Waals surface area contributed by atoms with Crippen molar-refractivity contribution in [3.05, 3.63) is 72.0 Å². The van der Waals surface area contributed by atoms with Gasteiger partial charge in [0.1, 0.15) is 11.3 Å². The Kier molecular flexibility index (Phi) is 5.15. The van der Waals surface area contributed by atoms with Gasteiger partial charge in [0.2, 0.25) is 0 Å². The standard InChI is InChI=1S/C25H30N2O3/c1-26(11-12-28)15-21-24(18-7-3-2-4-8-18)25(21)17-27(16-23(25)29)14-20-13-19-9-5-6-10-22(19)30-20/h2-10,13,21,23-24,28-29H,11-12,14-17H2,1H3/t21-,23+,24-,25-/m1/s1. The molecule has 2 aromatic carbocycles. The second kappa shape index (κ2) is 7.82. The number of aliphatic hydroxyl groups is 2. The van der Waals surface area contributed by atoms with E-state index in [1.54, 1.807) is 0 Å². The number of para-hydroxylation sites is 1. The Hall–Kier alpha value is -2.18. The third-order valence-corrected chi connectivity index (χ3v) is 7.12. The van der Waals surface area contributed by atoms with Crippen LogP contribution in [0.3, 0.4) is 0 Å². The summed E-state index contributed by atoms with van der Waals surface area (Å²) >= 11 is 0. The number of furan rings is 1. The molecule has 5 heteroatoms. The van der Waals surface area contributed by atoms with Gasteiger partial charge in [-0.25, -0.2) is 0 Å². The zero-order chi connectivity index (χ0) is 20.7. The van der Waals surface area contributed by atoms with Crippen LogP contribution in [0.1, 0.15) is 17.2 Å². The van der Waals surface area contributed by atoms with Crippen molar-refractivity contribution in [1.29, 1.82) is 0 Å². The van der Waals surface area contributed by atoms with E-state index in [0.29, 0.717) is 31.5 Å². The van der Waals surface area contributed by atoms with Crippen molar-refractivity contribution in [3.63, 3.8) is 0 Å². The highest BCUT2D eigenvalue weighted by Crippen LogP contribution is 2.69. The number of rotatable bonds is 7. The van der Waals surface area contributed by atoms with Gasteiger partial charge in [-0.1, -0.05) is 48.5 Å². The van der Waals surface area contributed by atoms with Crippen molar-refractivity contribution in [2.75, 3.05) is 39.8 Å². The zero-order valence-electron chi connectivity index (χ0n) is 17.4. The summed E-state index contributed by atoms with van der Waals surface area (Å²) in [5, 5.41) is 21.7. The van der Waals surface area contributed by atoms with Crippen LogP contribution in [-0.4, -0.2) is 66.0 Å². The normalized spacial score (nSPS) is 28.7. The van der Waals surface area contributed by atoms with Crippen molar-refractivity contribution >= 4 is 11.0 Å². The molecule has 2 fully saturated rings. The first-order valence-corrected chi connectivity index (χ1v) is 10.8. The molecule has 30 heavy (non-hydrogen) atoms. The molecule has 158 valence electrons. The molecule has 0 radical (unpaired) electrons. The Labute approximate surface area is 177 Å². The molecule has 5 rings (SSSR count). The molecule has 2 heterocycles. The van der Waals surface area contributed by atoms with Crippen LogP contribution in [0.25, 0.3) is 11.0 Å². The van der Waals surface area contributed by atoms with Crippen LogP contribution in [0.15, 0.2) is 65.1 Å². The van der Waals surface area contributed by atoms with Gasteiger partial charge >= 0.3 is 0 Å². The lowest BCUT2D eigenvalue weighted by atomic mass is 9.95. The van der Waals surface area contributed by atoms with Crippen LogP contribution in [-0.2, 0) is 6.54 Å². The molecular formula is C25H30N2O3. The lowest BCUT2D eigenvalue weighted by Crippen LogP contribution is -2.29. The monoisotopic (exact) mass is 406 g/mol. The molecule has 1 aromatic heterocycles. The van der Waals surface area contributed by atoms with Gasteiger partial charge < -0.3 is 19.5 Å². The fourth-order valence-electron chi connectivity index (χ4n) is 5.71. The van der Waals surface area contributed by atoms with Crippen molar-refractivity contribution in [2.45, 2.75) is 18.6 Å². The quantitative estimate of drug-likeness (QED) is 0.632. The SMILES string of the molecule is CN(CCO)C[C@@H]1[C@@H](c2ccccc2)[C@]12CN(Cc1cc3ccccc3o1)C[C@@H]2O. The molecule has 1 spiro atoms. The second-order valence-corrected chi connectivity index (χ2v) is 9.03. The van der Waals surface area contributed by atoms with Crippen LogP contribution in [0, 0.1) is 11.3 Å². The predicted molar refractivity (Wildman–Crippen MR) is 117 cm³/mol. The summed E-state index contributed by atoms with van der Waals surface area (Å²) in [6.07, 6.45) is -0.361. The second-order valence-electron chi connectivity index (χ2n) is 9.03. The van der Waals surface area contributed by atoms with Crippen molar-refractivity contribution in [2.24, 2.45) is 11.3 Å². The predicted octanol–water partition coefficient (Wildman–Crippen LogP) is 2.93. The molecule has 1 saturated carbocycles. The van der Waals surface area contributed by atoms with E-state index in [0.717, 1.165) is 29.8 Å². The van der Waals surface area contributed by atoms with Crippen LogP contribution < -0.4 is 0 Å². The number of likely N-dealkylation sites (N-methyl/N-ethyl adjacent to an activating group) is 1. The van der Waals surface area contributed by atoms with Gasteiger partial charge in [-0.15, -0.1) is 0 Å². The summed E-state index contributed by atoms with van der Waals surface area (Å²) in [6.45, 7) is 3.95. The Bertz CT molecular complexity index is 971. The summed E-state index contributed by atoms with van der Waals surface area (Å²) < 4.78 is 6.03. The van der Waals surface area contributed by atoms with Crippen LogP contribution in [0.5, 0.6) is 0 Å². The lowest BCUT2D eigenvalue weighted by molar-refractivity contribution is 0.114. The highest BCUT2D eigenvalue weighted by atomic mass is 16.3. The molecule has 1 saturated heterocycles. The van der Waals surface area contributed by atoms with E-state index in [1.165, 1.54) is 5.56 Å². The Balaban J connectivity index is 1.37. The summed E-state index contributed by atoms with van der Waals surface area (Å²) in [5.41, 5.74) is 2.10. The number of hydrogen-bond donors (Lipinski definition) is 2. The topological polar surface area (TPSA) is 60.1 Å². The van der Waals surface area contributed by atoms with Crippen LogP contribution in [0.4, 0.5) is 0 Å². The van der Waals surface area contributed by atoms with E-state index in [1.807, 2.05) is 24.3 Å². The number of likely N-dealkylation sites (tertiary alicyclic amines) is 1. The fourth-order valence-corrected chi connectivity index (χ4v) is 5.71. The maximum absolute atomic E-state index is 11.2. The molecule has 0 amide bonds. The minimum Gasteiger partial charge on any atom is -0.460 e. The van der Waals surface area contributed by atoms with Crippen molar-refractivity contribution < 1.29 is 14.6 Å². The number of nitrogens with zero attached hydrogens (tertiary/aromatic N) is 2. The van der Waals surface area contributed by atoms with E-state index < -0.39 is 0 Å². The molecule has 3 aromatic rings. The molecule has 2 N–H and O–H groups in total. The molecule has 4 atom stereocenters. The minimum absolute atomic E-state index is 0.128. The highest BCUT2D eigenvalue weighted by Gasteiger charge is 2.71. The van der Waals surface area contributed by atoms with E-state index >= 15 is 0 Å². The van der Waals surface area contributed by atoms with E-state index in [9.17, 15) is 10.2 Å². The average molecular weight is 407 g/mol. The summed E-state index contributed by atoms with van der Waals surface area (Å²) in [5.74, 6) is 1.67. The number of benzene rings is 2. The van der Waals surface area contributed by atoms with Gasteiger partial charge in [0.15, 0.2) is 0 Å². The van der Waals surface area contributed by atoms with Crippen molar-refractivity contribution in [3.8, 4) is 0 Å². The van der Waals surface area contributed by atoms with E-state index in [4.69, 9.17) is 4.42 Å². The number of β-amino-alcohol motifs (C(OH)–C–C–N with tert-alkyl or cyclic N) is 1. The third-order valence-electron chi connectivity index (χ3n) is 7.12. The molecule has 5 nitrogen and oxygen atoms in total. The van der Waals surface area contributed by atoms with Gasteiger partial charge in [-0.3, -0.25) is 4.90 Å². The maximum atomic E-state index is 11.2. The summed E-state index contributed by atoms with van der Waals surface area (Å²) in [6, 6.07) is 20.8. The molecule has 0 unspecified atom stereocenters. The van der Waals surface area contributed by atoms with E-state index in [-0.39, 0.29) is 18.1 Å². The summed E-state index contributed by atoms with van der Waals surface area (Å²) in [7, 11) is 2.05. The number of hydrogen-bond acceptors (Lipinski definition) is 5. The van der Waals surface area contributed by atoms with Gasteiger partial charge in [0.05, 0.1) is 19.3 Å². The molecule has 1 aliphatic carbocycles. The van der Waals surface area contributed by atoms with Crippen LogP contribution in [0.2, 0.25) is 0 Å². The Morgan fingerprint density at radius 2 is 1.90 bits per heavy atom. The minimum atomic E-state index is -0.361. The lowest BCUT2D eigenvalue weighted by Gasteiger charge is -2.19. The van der Waals surface area contributed by atoms with Gasteiger partial charge in [0.25, 0.3) is 0 Å². The first kappa shape index (κ1) is 19.8. The maximum Gasteiger partial charge on any atom is 0.134 e. The van der Waals surface area contributed by atoms with E-state index in [2.05, 4.69) is 53.2 Å². The fraction of sp³-hybridized carbons (Fsp3) is 0.440. The largest absolute Gasteiger partial charge is 0.460 e. The zero-order valence-corrected chi connectivity index (χ0v) is 17.4. The Morgan fingerprint density at radius 3 is 2.67 bits per heavy atom. The molecule has 0 bridgehead atoms. The van der Waals surface area contributed by atoms with Crippen LogP contribution >= 0.6 is 0 Å². The average Bonchev–Trinajstić information content (AvgIpc) is 3.01. The van der Waals surface area contributed by atoms with Gasteiger partial charge in [-0.05, 0) is 36.6 Å². The van der Waals surface area contributed by atoms with Gasteiger partial charge in [-0.2, -0.15) is 0 Å². The Morgan fingerprint density at radius 1 is 1.13 bits per heavy atom. The van der Waals surface area contributed by atoms with Crippen molar-refractivity contribution in [1.82, 2.24) is 9.80 Å². The molecule has 2 aliphatic rings. The number of aliphatic hydroxyl groups excluding tert-OH is 2. The molecular weight excluding hydrogens is 376 g/mol. The first-order chi connectivity index (χ1) is 14.6.